The SMILES string of the molecule is C[C@@H]1Cc2cccc3c(=O)c(C(=O)Nc4ccccc4Cl)cn1c23. The maximum absolute atomic E-state index is 12.8. The first-order valence-corrected chi connectivity index (χ1v) is 8.16. The lowest BCUT2D eigenvalue weighted by molar-refractivity contribution is 0.102. The lowest BCUT2D eigenvalue weighted by Crippen LogP contribution is -2.23. The van der Waals surface area contributed by atoms with Crippen molar-refractivity contribution in [3.63, 3.8) is 0 Å². The average Bonchev–Trinajstić information content (AvgIpc) is 2.89. The summed E-state index contributed by atoms with van der Waals surface area (Å²) in [7, 11) is 0. The minimum absolute atomic E-state index is 0.133. The molecule has 1 aliphatic heterocycles. The van der Waals surface area contributed by atoms with Gasteiger partial charge in [0.15, 0.2) is 0 Å². The molecule has 0 bridgehead atoms. The number of benzene rings is 2. The monoisotopic (exact) mass is 338 g/mol. The van der Waals surface area contributed by atoms with E-state index >= 15 is 0 Å². The van der Waals surface area contributed by atoms with Crippen LogP contribution in [-0.4, -0.2) is 10.5 Å². The normalized spacial score (nSPS) is 15.7. The van der Waals surface area contributed by atoms with Crippen LogP contribution in [0.3, 0.4) is 0 Å². The summed E-state index contributed by atoms with van der Waals surface area (Å²) < 4.78 is 2.02. The molecule has 0 unspecified atom stereocenters. The average molecular weight is 339 g/mol. The van der Waals surface area contributed by atoms with Crippen LogP contribution >= 0.6 is 11.6 Å². The van der Waals surface area contributed by atoms with Crippen molar-refractivity contribution in [2.75, 3.05) is 5.32 Å². The molecule has 120 valence electrons. The third-order valence-electron chi connectivity index (χ3n) is 4.49. The highest BCUT2D eigenvalue weighted by Crippen LogP contribution is 2.31. The van der Waals surface area contributed by atoms with Gasteiger partial charge in [0.1, 0.15) is 5.56 Å². The Hall–Kier alpha value is -2.59. The number of nitrogens with zero attached hydrogens (tertiary/aromatic N) is 1. The maximum atomic E-state index is 12.8. The smallest absolute Gasteiger partial charge is 0.261 e. The zero-order valence-corrected chi connectivity index (χ0v) is 13.8. The molecule has 4 rings (SSSR count). The number of hydrogen-bond donors (Lipinski definition) is 1. The fourth-order valence-corrected chi connectivity index (χ4v) is 3.51. The first kappa shape index (κ1) is 15.0. The van der Waals surface area contributed by atoms with Gasteiger partial charge in [0.25, 0.3) is 5.91 Å². The van der Waals surface area contributed by atoms with E-state index in [1.54, 1.807) is 36.5 Å². The minimum atomic E-state index is -0.441. The highest BCUT2D eigenvalue weighted by atomic mass is 35.5. The van der Waals surface area contributed by atoms with E-state index in [-0.39, 0.29) is 17.0 Å². The summed E-state index contributed by atoms with van der Waals surface area (Å²) >= 11 is 6.08. The molecule has 5 heteroatoms. The molecule has 1 atom stereocenters. The van der Waals surface area contributed by atoms with Crippen molar-refractivity contribution in [3.05, 3.63) is 75.0 Å². The number of pyridine rings is 1. The van der Waals surface area contributed by atoms with Crippen LogP contribution in [0, 0.1) is 0 Å². The molecule has 1 aliphatic rings. The Morgan fingerprint density at radius 2 is 2.00 bits per heavy atom. The quantitative estimate of drug-likeness (QED) is 0.767. The molecule has 0 fully saturated rings. The van der Waals surface area contributed by atoms with Gasteiger partial charge < -0.3 is 9.88 Å². The van der Waals surface area contributed by atoms with E-state index in [0.717, 1.165) is 17.5 Å². The maximum Gasteiger partial charge on any atom is 0.261 e. The van der Waals surface area contributed by atoms with Crippen molar-refractivity contribution in [3.8, 4) is 0 Å². The van der Waals surface area contributed by atoms with Crippen LogP contribution in [0.15, 0.2) is 53.5 Å². The van der Waals surface area contributed by atoms with Crippen LogP contribution in [0.2, 0.25) is 5.02 Å². The van der Waals surface area contributed by atoms with Crippen molar-refractivity contribution in [2.24, 2.45) is 0 Å². The summed E-state index contributed by atoms with van der Waals surface area (Å²) in [6.07, 6.45) is 2.53. The Bertz CT molecular complexity index is 1040. The lowest BCUT2D eigenvalue weighted by atomic mass is 10.1. The molecule has 1 amide bonds. The Labute approximate surface area is 143 Å². The van der Waals surface area contributed by atoms with Crippen LogP contribution in [0.25, 0.3) is 10.9 Å². The molecule has 0 saturated heterocycles. The molecule has 0 saturated carbocycles. The number of halogens is 1. The highest BCUT2D eigenvalue weighted by Gasteiger charge is 2.24. The Kier molecular flexibility index (Phi) is 3.43. The predicted molar refractivity (Wildman–Crippen MR) is 96.0 cm³/mol. The molecule has 0 radical (unpaired) electrons. The van der Waals surface area contributed by atoms with Crippen molar-refractivity contribution in [1.82, 2.24) is 4.57 Å². The summed E-state index contributed by atoms with van der Waals surface area (Å²) in [4.78, 5) is 25.4. The van der Waals surface area contributed by atoms with Crippen LogP contribution < -0.4 is 10.7 Å². The van der Waals surface area contributed by atoms with E-state index in [1.807, 2.05) is 16.7 Å². The first-order chi connectivity index (χ1) is 11.6. The lowest BCUT2D eigenvalue weighted by Gasteiger charge is -2.13. The van der Waals surface area contributed by atoms with Gasteiger partial charge in [0.05, 0.1) is 16.2 Å². The third-order valence-corrected chi connectivity index (χ3v) is 4.82. The van der Waals surface area contributed by atoms with Gasteiger partial charge in [-0.3, -0.25) is 9.59 Å². The van der Waals surface area contributed by atoms with Crippen LogP contribution in [0.5, 0.6) is 0 Å². The molecule has 1 N–H and O–H groups in total. The molecule has 2 heterocycles. The number of hydrogen-bond acceptors (Lipinski definition) is 2. The predicted octanol–water partition coefficient (Wildman–Crippen LogP) is 4.02. The van der Waals surface area contributed by atoms with Gasteiger partial charge in [-0.1, -0.05) is 35.9 Å². The number of rotatable bonds is 2. The number of anilines is 1. The van der Waals surface area contributed by atoms with Gasteiger partial charge in [-0.2, -0.15) is 0 Å². The van der Waals surface area contributed by atoms with E-state index in [0.29, 0.717) is 16.1 Å². The molecule has 2 aromatic carbocycles. The minimum Gasteiger partial charge on any atom is -0.343 e. The number of carbonyl (C=O) groups is 1. The van der Waals surface area contributed by atoms with Gasteiger partial charge in [0, 0.05) is 17.6 Å². The fraction of sp³-hybridized carbons (Fsp3) is 0.158. The Balaban J connectivity index is 1.84. The van der Waals surface area contributed by atoms with Crippen molar-refractivity contribution >= 4 is 34.1 Å². The van der Waals surface area contributed by atoms with Crippen LogP contribution in [0.1, 0.15) is 28.9 Å². The summed E-state index contributed by atoms with van der Waals surface area (Å²) in [6.45, 7) is 2.08. The number of nitrogens with one attached hydrogen (secondary N) is 1. The summed E-state index contributed by atoms with van der Waals surface area (Å²) in [5.74, 6) is -0.441. The van der Waals surface area contributed by atoms with Gasteiger partial charge in [-0.05, 0) is 37.1 Å². The second-order valence-corrected chi connectivity index (χ2v) is 6.49. The van der Waals surface area contributed by atoms with E-state index < -0.39 is 5.91 Å². The van der Waals surface area contributed by atoms with Crippen LogP contribution in [-0.2, 0) is 6.42 Å². The largest absolute Gasteiger partial charge is 0.343 e. The zero-order valence-electron chi connectivity index (χ0n) is 13.0. The number of aromatic nitrogens is 1. The zero-order chi connectivity index (χ0) is 16.8. The molecular formula is C19H15ClN2O2. The van der Waals surface area contributed by atoms with Gasteiger partial charge in [0.2, 0.25) is 5.43 Å². The molecule has 0 spiro atoms. The molecule has 0 aliphatic carbocycles. The number of amides is 1. The molecular weight excluding hydrogens is 324 g/mol. The third kappa shape index (κ3) is 2.22. The van der Waals surface area contributed by atoms with Gasteiger partial charge in [-0.15, -0.1) is 0 Å². The van der Waals surface area contributed by atoms with E-state index in [2.05, 4.69) is 12.2 Å². The second-order valence-electron chi connectivity index (χ2n) is 6.08. The molecule has 1 aromatic heterocycles. The van der Waals surface area contributed by atoms with Crippen molar-refractivity contribution < 1.29 is 4.79 Å². The Morgan fingerprint density at radius 3 is 2.79 bits per heavy atom. The second kappa shape index (κ2) is 5.49. The molecule has 4 nitrogen and oxygen atoms in total. The molecule has 3 aromatic rings. The van der Waals surface area contributed by atoms with Crippen molar-refractivity contribution in [2.45, 2.75) is 19.4 Å². The number of para-hydroxylation sites is 2. The summed E-state index contributed by atoms with van der Waals surface area (Å²) in [5.41, 5.74) is 2.46. The van der Waals surface area contributed by atoms with E-state index in [4.69, 9.17) is 11.6 Å². The Morgan fingerprint density at radius 1 is 1.21 bits per heavy atom. The van der Waals surface area contributed by atoms with Gasteiger partial charge >= 0.3 is 0 Å². The van der Waals surface area contributed by atoms with Crippen LogP contribution in [0.4, 0.5) is 5.69 Å². The molecule has 24 heavy (non-hydrogen) atoms. The number of carbonyl (C=O) groups excluding carboxylic acids is 1. The summed E-state index contributed by atoms with van der Waals surface area (Å²) in [6, 6.07) is 12.9. The fourth-order valence-electron chi connectivity index (χ4n) is 3.33. The topological polar surface area (TPSA) is 51.1 Å². The van der Waals surface area contributed by atoms with Crippen molar-refractivity contribution in [1.29, 1.82) is 0 Å². The van der Waals surface area contributed by atoms with E-state index in [1.165, 1.54) is 0 Å². The van der Waals surface area contributed by atoms with E-state index in [9.17, 15) is 9.59 Å². The van der Waals surface area contributed by atoms with Gasteiger partial charge in [-0.25, -0.2) is 0 Å². The standard InChI is InChI=1S/C19H15ClN2O2/c1-11-9-12-5-4-6-13-17(12)22(11)10-14(18(13)23)19(24)21-16-8-3-2-7-15(16)20/h2-8,10-11H,9H2,1H3,(H,21,24)/t11-/m1/s1. The first-order valence-electron chi connectivity index (χ1n) is 7.79. The summed E-state index contributed by atoms with van der Waals surface area (Å²) in [5, 5.41) is 3.75. The highest BCUT2D eigenvalue weighted by molar-refractivity contribution is 6.33.